The van der Waals surface area contributed by atoms with E-state index in [2.05, 4.69) is 0 Å². The minimum absolute atomic E-state index is 0.0966. The molecule has 0 aliphatic rings. The molecule has 1 aromatic carbocycles. The molecule has 4 nitrogen and oxygen atoms in total. The number of aliphatic hydroxyl groups excluding tert-OH is 1. The molecule has 100 valence electrons. The van der Waals surface area contributed by atoms with E-state index in [1.165, 1.54) is 0 Å². The molecule has 0 heterocycles. The zero-order valence-electron chi connectivity index (χ0n) is 11.1. The van der Waals surface area contributed by atoms with E-state index in [9.17, 15) is 4.79 Å². The zero-order chi connectivity index (χ0) is 13.4. The molecule has 0 aliphatic heterocycles. The molecule has 0 fully saturated rings. The molecule has 18 heavy (non-hydrogen) atoms. The van der Waals surface area contributed by atoms with Crippen LogP contribution >= 0.6 is 0 Å². The van der Waals surface area contributed by atoms with Crippen molar-refractivity contribution in [3.63, 3.8) is 0 Å². The van der Waals surface area contributed by atoms with Gasteiger partial charge in [-0.1, -0.05) is 6.92 Å². The molecule has 0 saturated heterocycles. The normalized spacial score (nSPS) is 10.4. The molecule has 0 unspecified atom stereocenters. The van der Waals surface area contributed by atoms with Gasteiger partial charge in [0.2, 0.25) is 0 Å². The Labute approximate surface area is 108 Å². The largest absolute Gasteiger partial charge is 0.395 e. The van der Waals surface area contributed by atoms with Crippen LogP contribution in [0.4, 0.5) is 5.69 Å². The van der Waals surface area contributed by atoms with Gasteiger partial charge in [-0.25, -0.2) is 0 Å². The average Bonchev–Trinajstić information content (AvgIpc) is 2.43. The highest BCUT2D eigenvalue weighted by Crippen LogP contribution is 2.15. The number of carbonyl (C=O) groups excluding carboxylic acids is 1. The van der Waals surface area contributed by atoms with Gasteiger partial charge in [-0.2, -0.15) is 0 Å². The highest BCUT2D eigenvalue weighted by atomic mass is 16.5. The molecule has 0 atom stereocenters. The van der Waals surface area contributed by atoms with Gasteiger partial charge in [0.15, 0.2) is 5.78 Å². The molecule has 0 spiro atoms. The van der Waals surface area contributed by atoms with Crippen LogP contribution in [0.3, 0.4) is 0 Å². The third kappa shape index (κ3) is 4.13. The summed E-state index contributed by atoms with van der Waals surface area (Å²) in [5.74, 6) is 0.146. The van der Waals surface area contributed by atoms with E-state index < -0.39 is 0 Å². The van der Waals surface area contributed by atoms with Gasteiger partial charge >= 0.3 is 0 Å². The van der Waals surface area contributed by atoms with Gasteiger partial charge in [-0.05, 0) is 24.3 Å². The van der Waals surface area contributed by atoms with E-state index >= 15 is 0 Å². The first-order valence-electron chi connectivity index (χ1n) is 6.21. The van der Waals surface area contributed by atoms with Crippen LogP contribution in [0.1, 0.15) is 23.7 Å². The van der Waals surface area contributed by atoms with Crippen molar-refractivity contribution < 1.29 is 14.6 Å². The molecule has 0 aromatic heterocycles. The number of ketones is 1. The highest BCUT2D eigenvalue weighted by Gasteiger charge is 2.07. The standard InChI is InChI=1S/C14H21NO3/c1-3-14(17)12-4-6-13(7-5-12)15(8-10-16)9-11-18-2/h4-7,16H,3,8-11H2,1-2H3. The van der Waals surface area contributed by atoms with Crippen LogP contribution in [0.15, 0.2) is 24.3 Å². The van der Waals surface area contributed by atoms with E-state index in [4.69, 9.17) is 9.84 Å². The van der Waals surface area contributed by atoms with Gasteiger partial charge in [0.25, 0.3) is 0 Å². The number of carbonyl (C=O) groups is 1. The summed E-state index contributed by atoms with van der Waals surface area (Å²) in [5, 5.41) is 9.04. The maximum atomic E-state index is 11.5. The predicted octanol–water partition coefficient (Wildman–Crippen LogP) is 1.72. The molecule has 0 aliphatic carbocycles. The molecule has 0 bridgehead atoms. The Kier molecular flexibility index (Phi) is 6.39. The average molecular weight is 251 g/mol. The Morgan fingerprint density at radius 3 is 2.44 bits per heavy atom. The summed E-state index contributed by atoms with van der Waals surface area (Å²) in [4.78, 5) is 13.6. The molecule has 0 amide bonds. The minimum atomic E-state index is 0.0966. The van der Waals surface area contributed by atoms with Gasteiger partial charge in [0.05, 0.1) is 13.2 Å². The molecule has 4 heteroatoms. The molecular weight excluding hydrogens is 230 g/mol. The summed E-state index contributed by atoms with van der Waals surface area (Å²) in [6.45, 7) is 3.84. The summed E-state index contributed by atoms with van der Waals surface area (Å²) >= 11 is 0. The first-order chi connectivity index (χ1) is 8.72. The molecule has 1 rings (SSSR count). The second-order valence-corrected chi connectivity index (χ2v) is 4.03. The van der Waals surface area contributed by atoms with Crippen LogP contribution in [0, 0.1) is 0 Å². The first kappa shape index (κ1) is 14.7. The lowest BCUT2D eigenvalue weighted by Gasteiger charge is -2.23. The second-order valence-electron chi connectivity index (χ2n) is 4.03. The van der Waals surface area contributed by atoms with Crippen molar-refractivity contribution >= 4 is 11.5 Å². The fraction of sp³-hybridized carbons (Fsp3) is 0.500. The van der Waals surface area contributed by atoms with Crippen LogP contribution in [0.2, 0.25) is 0 Å². The van der Waals surface area contributed by atoms with Gasteiger partial charge in [0.1, 0.15) is 0 Å². The summed E-state index contributed by atoms with van der Waals surface area (Å²) in [6.07, 6.45) is 0.517. The number of ether oxygens (including phenoxy) is 1. The number of anilines is 1. The van der Waals surface area contributed by atoms with E-state index in [-0.39, 0.29) is 12.4 Å². The van der Waals surface area contributed by atoms with Crippen molar-refractivity contribution in [2.24, 2.45) is 0 Å². The summed E-state index contributed by atoms with van der Waals surface area (Å²) in [7, 11) is 1.65. The van der Waals surface area contributed by atoms with Crippen LogP contribution in [-0.4, -0.2) is 44.3 Å². The predicted molar refractivity (Wildman–Crippen MR) is 72.2 cm³/mol. The van der Waals surface area contributed by atoms with Crippen molar-refractivity contribution in [2.75, 3.05) is 38.3 Å². The van der Waals surface area contributed by atoms with Gasteiger partial charge in [0, 0.05) is 37.9 Å². The number of methoxy groups -OCH3 is 1. The third-order valence-corrected chi connectivity index (χ3v) is 2.81. The van der Waals surface area contributed by atoms with Crippen molar-refractivity contribution in [3.05, 3.63) is 29.8 Å². The quantitative estimate of drug-likeness (QED) is 0.715. The minimum Gasteiger partial charge on any atom is -0.395 e. The fourth-order valence-corrected chi connectivity index (χ4v) is 1.75. The van der Waals surface area contributed by atoms with Crippen molar-refractivity contribution in [2.45, 2.75) is 13.3 Å². The van der Waals surface area contributed by atoms with Crippen LogP contribution in [0.25, 0.3) is 0 Å². The number of Topliss-reactive ketones (excluding diaryl/α,β-unsaturated/α-hetero) is 1. The van der Waals surface area contributed by atoms with Crippen LogP contribution in [0.5, 0.6) is 0 Å². The van der Waals surface area contributed by atoms with Crippen molar-refractivity contribution in [1.29, 1.82) is 0 Å². The Morgan fingerprint density at radius 2 is 1.94 bits per heavy atom. The summed E-state index contributed by atoms with van der Waals surface area (Å²) < 4.78 is 5.04. The van der Waals surface area contributed by atoms with E-state index in [0.717, 1.165) is 17.8 Å². The lowest BCUT2D eigenvalue weighted by atomic mass is 10.1. The number of rotatable bonds is 8. The topological polar surface area (TPSA) is 49.8 Å². The Balaban J connectivity index is 2.76. The maximum absolute atomic E-state index is 11.5. The molecule has 0 radical (unpaired) electrons. The van der Waals surface area contributed by atoms with Gasteiger partial charge in [-0.15, -0.1) is 0 Å². The second kappa shape index (κ2) is 7.84. The lowest BCUT2D eigenvalue weighted by molar-refractivity contribution is 0.0988. The molecular formula is C14H21NO3. The number of nitrogens with zero attached hydrogens (tertiary/aromatic N) is 1. The lowest BCUT2D eigenvalue weighted by Crippen LogP contribution is -2.30. The van der Waals surface area contributed by atoms with E-state index in [1.54, 1.807) is 7.11 Å². The number of aliphatic hydroxyl groups is 1. The number of benzene rings is 1. The Morgan fingerprint density at radius 1 is 1.28 bits per heavy atom. The smallest absolute Gasteiger partial charge is 0.162 e. The monoisotopic (exact) mass is 251 g/mol. The fourth-order valence-electron chi connectivity index (χ4n) is 1.75. The zero-order valence-corrected chi connectivity index (χ0v) is 11.1. The van der Waals surface area contributed by atoms with Crippen LogP contribution in [-0.2, 0) is 4.74 Å². The summed E-state index contributed by atoms with van der Waals surface area (Å²) in [6, 6.07) is 7.49. The van der Waals surface area contributed by atoms with Crippen molar-refractivity contribution in [1.82, 2.24) is 0 Å². The van der Waals surface area contributed by atoms with Crippen molar-refractivity contribution in [3.8, 4) is 0 Å². The van der Waals surface area contributed by atoms with Gasteiger partial charge in [-0.3, -0.25) is 4.79 Å². The van der Waals surface area contributed by atoms with E-state index in [0.29, 0.717) is 19.6 Å². The maximum Gasteiger partial charge on any atom is 0.162 e. The number of hydrogen-bond acceptors (Lipinski definition) is 4. The molecule has 1 aromatic rings. The van der Waals surface area contributed by atoms with Gasteiger partial charge < -0.3 is 14.7 Å². The third-order valence-electron chi connectivity index (χ3n) is 2.81. The molecule has 0 saturated carbocycles. The summed E-state index contributed by atoms with van der Waals surface area (Å²) in [5.41, 5.74) is 1.73. The number of hydrogen-bond donors (Lipinski definition) is 1. The Hall–Kier alpha value is -1.39. The van der Waals surface area contributed by atoms with E-state index in [1.807, 2.05) is 36.1 Å². The highest BCUT2D eigenvalue weighted by molar-refractivity contribution is 5.96. The SMILES string of the molecule is CCC(=O)c1ccc(N(CCO)CCOC)cc1. The Bertz CT molecular complexity index is 362. The van der Waals surface area contributed by atoms with Crippen LogP contribution < -0.4 is 4.90 Å². The first-order valence-corrected chi connectivity index (χ1v) is 6.21. The molecule has 1 N–H and O–H groups in total.